The standard InChI is InChI=1S/C20H17F4N3O3/c1-30-13-8-6-12(7-9-13)17(28)11-25-19(29)14-10-26-27(18(14)20(22,23)24)16-5-3-2-4-15(16)21/h2-10,17,28H,11H2,1H3,(H,25,29). The Labute approximate surface area is 168 Å². The van der Waals surface area contributed by atoms with E-state index in [0.717, 1.165) is 12.1 Å². The maximum absolute atomic E-state index is 14.0. The number of para-hydroxylation sites is 1. The predicted octanol–water partition coefficient (Wildman–Crippen LogP) is 3.50. The summed E-state index contributed by atoms with van der Waals surface area (Å²) in [5, 5.41) is 16.0. The average molecular weight is 423 g/mol. The van der Waals surface area contributed by atoms with Gasteiger partial charge in [-0.25, -0.2) is 9.07 Å². The van der Waals surface area contributed by atoms with Gasteiger partial charge in [0, 0.05) is 6.54 Å². The smallest absolute Gasteiger partial charge is 0.434 e. The molecule has 2 N–H and O–H groups in total. The summed E-state index contributed by atoms with van der Waals surface area (Å²) >= 11 is 0. The summed E-state index contributed by atoms with van der Waals surface area (Å²) in [5.74, 6) is -1.46. The van der Waals surface area contributed by atoms with Crippen molar-refractivity contribution in [2.24, 2.45) is 0 Å². The van der Waals surface area contributed by atoms with E-state index < -0.39 is 40.9 Å². The molecule has 30 heavy (non-hydrogen) atoms. The van der Waals surface area contributed by atoms with E-state index in [4.69, 9.17) is 4.74 Å². The predicted molar refractivity (Wildman–Crippen MR) is 98.8 cm³/mol. The summed E-state index contributed by atoms with van der Waals surface area (Å²) in [6.45, 7) is -0.340. The highest BCUT2D eigenvalue weighted by Crippen LogP contribution is 2.34. The first-order valence-corrected chi connectivity index (χ1v) is 8.72. The molecule has 2 aromatic carbocycles. The number of nitrogens with zero attached hydrogens (tertiary/aromatic N) is 2. The quantitative estimate of drug-likeness (QED) is 0.595. The molecule has 3 aromatic rings. The molecule has 0 aliphatic carbocycles. The summed E-state index contributed by atoms with van der Waals surface area (Å²) in [6.07, 6.45) is -5.42. The highest BCUT2D eigenvalue weighted by atomic mass is 19.4. The Morgan fingerprint density at radius 3 is 2.47 bits per heavy atom. The monoisotopic (exact) mass is 423 g/mol. The van der Waals surface area contributed by atoms with Crippen molar-refractivity contribution in [2.75, 3.05) is 13.7 Å². The number of aliphatic hydroxyl groups excluding tert-OH is 1. The van der Waals surface area contributed by atoms with Gasteiger partial charge in [0.05, 0.1) is 25.0 Å². The Morgan fingerprint density at radius 1 is 1.20 bits per heavy atom. The lowest BCUT2D eigenvalue weighted by Crippen LogP contribution is -2.30. The fourth-order valence-electron chi connectivity index (χ4n) is 2.82. The zero-order chi connectivity index (χ0) is 21.9. The van der Waals surface area contributed by atoms with Crippen LogP contribution in [-0.4, -0.2) is 34.4 Å². The van der Waals surface area contributed by atoms with Crippen LogP contribution in [0.3, 0.4) is 0 Å². The van der Waals surface area contributed by atoms with Crippen molar-refractivity contribution in [2.45, 2.75) is 12.3 Å². The van der Waals surface area contributed by atoms with E-state index in [1.165, 1.54) is 19.2 Å². The van der Waals surface area contributed by atoms with E-state index in [1.54, 1.807) is 24.3 Å². The number of nitrogens with one attached hydrogen (secondary N) is 1. The SMILES string of the molecule is COc1ccc(C(O)CNC(=O)c2cnn(-c3ccccc3F)c2C(F)(F)F)cc1. The van der Waals surface area contributed by atoms with Crippen LogP contribution in [0.5, 0.6) is 5.75 Å². The van der Waals surface area contributed by atoms with Crippen molar-refractivity contribution in [1.29, 1.82) is 0 Å². The van der Waals surface area contributed by atoms with Crippen LogP contribution in [0.4, 0.5) is 17.6 Å². The molecule has 0 saturated carbocycles. The van der Waals surface area contributed by atoms with E-state index in [1.807, 2.05) is 0 Å². The van der Waals surface area contributed by atoms with Crippen molar-refractivity contribution in [3.05, 3.63) is 77.4 Å². The van der Waals surface area contributed by atoms with Crippen LogP contribution < -0.4 is 10.1 Å². The molecule has 10 heteroatoms. The van der Waals surface area contributed by atoms with Crippen molar-refractivity contribution in [3.8, 4) is 11.4 Å². The van der Waals surface area contributed by atoms with Crippen LogP contribution in [0.1, 0.15) is 27.7 Å². The molecule has 0 spiro atoms. The maximum atomic E-state index is 14.0. The average Bonchev–Trinajstić information content (AvgIpc) is 3.18. The molecule has 0 bridgehead atoms. The van der Waals surface area contributed by atoms with Crippen molar-refractivity contribution >= 4 is 5.91 Å². The number of amides is 1. The summed E-state index contributed by atoms with van der Waals surface area (Å²) < 4.78 is 60.2. The molecule has 0 saturated heterocycles. The van der Waals surface area contributed by atoms with E-state index >= 15 is 0 Å². The Hall–Kier alpha value is -3.40. The summed E-state index contributed by atoms with van der Waals surface area (Å²) in [5.41, 5.74) is -2.20. The third kappa shape index (κ3) is 4.43. The third-order valence-electron chi connectivity index (χ3n) is 4.32. The second-order valence-corrected chi connectivity index (χ2v) is 6.27. The van der Waals surface area contributed by atoms with Gasteiger partial charge in [-0.3, -0.25) is 4.79 Å². The lowest BCUT2D eigenvalue weighted by atomic mass is 10.1. The number of halogens is 4. The van der Waals surface area contributed by atoms with Crippen LogP contribution in [0, 0.1) is 5.82 Å². The summed E-state index contributed by atoms with van der Waals surface area (Å²) in [7, 11) is 1.48. The topological polar surface area (TPSA) is 76.4 Å². The Kier molecular flexibility index (Phi) is 6.06. The zero-order valence-electron chi connectivity index (χ0n) is 15.7. The van der Waals surface area contributed by atoms with Crippen LogP contribution in [0.2, 0.25) is 0 Å². The molecule has 0 fully saturated rings. The molecule has 1 unspecified atom stereocenters. The lowest BCUT2D eigenvalue weighted by Gasteiger charge is -2.15. The molecule has 158 valence electrons. The molecule has 1 aromatic heterocycles. The molecular formula is C20H17F4N3O3. The van der Waals surface area contributed by atoms with Gasteiger partial charge in [-0.1, -0.05) is 24.3 Å². The van der Waals surface area contributed by atoms with Crippen LogP contribution in [-0.2, 0) is 6.18 Å². The van der Waals surface area contributed by atoms with Crippen LogP contribution in [0.25, 0.3) is 5.69 Å². The minimum absolute atomic E-state index is 0.337. The fraction of sp³-hybridized carbons (Fsp3) is 0.200. The highest BCUT2D eigenvalue weighted by molar-refractivity contribution is 5.95. The molecule has 0 aliphatic heterocycles. The molecule has 3 rings (SSSR count). The zero-order valence-corrected chi connectivity index (χ0v) is 15.7. The van der Waals surface area contributed by atoms with E-state index in [0.29, 0.717) is 22.2 Å². The summed E-state index contributed by atoms with van der Waals surface area (Å²) in [4.78, 5) is 12.4. The lowest BCUT2D eigenvalue weighted by molar-refractivity contribution is -0.143. The van der Waals surface area contributed by atoms with E-state index in [9.17, 15) is 27.5 Å². The number of aliphatic hydroxyl groups is 1. The van der Waals surface area contributed by atoms with Crippen molar-refractivity contribution < 1.29 is 32.2 Å². The first-order chi connectivity index (χ1) is 14.2. The van der Waals surface area contributed by atoms with Crippen molar-refractivity contribution in [1.82, 2.24) is 15.1 Å². The van der Waals surface area contributed by atoms with Gasteiger partial charge in [0.25, 0.3) is 5.91 Å². The highest BCUT2D eigenvalue weighted by Gasteiger charge is 2.41. The number of ether oxygens (including phenoxy) is 1. The van der Waals surface area contributed by atoms with Gasteiger partial charge in [0.2, 0.25) is 0 Å². The number of carbonyl (C=O) groups excluding carboxylic acids is 1. The molecule has 1 atom stereocenters. The number of rotatable bonds is 6. The second kappa shape index (κ2) is 8.54. The van der Waals surface area contributed by atoms with E-state index in [2.05, 4.69) is 10.4 Å². The number of alkyl halides is 3. The first kappa shape index (κ1) is 21.3. The maximum Gasteiger partial charge on any atom is 0.434 e. The molecular weight excluding hydrogens is 406 g/mol. The normalized spacial score (nSPS) is 12.5. The largest absolute Gasteiger partial charge is 0.497 e. The van der Waals surface area contributed by atoms with Gasteiger partial charge in [0.1, 0.15) is 17.3 Å². The van der Waals surface area contributed by atoms with Crippen molar-refractivity contribution in [3.63, 3.8) is 0 Å². The van der Waals surface area contributed by atoms with Gasteiger partial charge < -0.3 is 15.2 Å². The number of aromatic nitrogens is 2. The van der Waals surface area contributed by atoms with Gasteiger partial charge in [-0.2, -0.15) is 18.3 Å². The molecule has 0 radical (unpaired) electrons. The van der Waals surface area contributed by atoms with Gasteiger partial charge in [-0.05, 0) is 29.8 Å². The first-order valence-electron chi connectivity index (χ1n) is 8.72. The third-order valence-corrected chi connectivity index (χ3v) is 4.32. The Bertz CT molecular complexity index is 1030. The number of hydrogen-bond donors (Lipinski definition) is 2. The van der Waals surface area contributed by atoms with Gasteiger partial charge in [-0.15, -0.1) is 0 Å². The number of hydrogen-bond acceptors (Lipinski definition) is 4. The Balaban J connectivity index is 1.83. The van der Waals surface area contributed by atoms with Gasteiger partial charge in [0.15, 0.2) is 5.69 Å². The van der Waals surface area contributed by atoms with Crippen LogP contribution in [0.15, 0.2) is 54.7 Å². The molecule has 1 amide bonds. The number of methoxy groups -OCH3 is 1. The minimum Gasteiger partial charge on any atom is -0.497 e. The minimum atomic E-state index is -4.97. The van der Waals surface area contributed by atoms with Gasteiger partial charge >= 0.3 is 6.18 Å². The number of carbonyl (C=O) groups is 1. The van der Waals surface area contributed by atoms with Crippen LogP contribution >= 0.6 is 0 Å². The fourth-order valence-corrected chi connectivity index (χ4v) is 2.82. The van der Waals surface area contributed by atoms with E-state index in [-0.39, 0.29) is 6.54 Å². The molecule has 0 aliphatic rings. The number of benzene rings is 2. The second-order valence-electron chi connectivity index (χ2n) is 6.27. The molecule has 1 heterocycles. The Morgan fingerprint density at radius 2 is 1.87 bits per heavy atom. The summed E-state index contributed by atoms with van der Waals surface area (Å²) in [6, 6.07) is 11.1. The molecule has 6 nitrogen and oxygen atoms in total.